The van der Waals surface area contributed by atoms with Crippen LogP contribution in [-0.4, -0.2) is 53.7 Å². The van der Waals surface area contributed by atoms with Crippen molar-refractivity contribution in [2.45, 2.75) is 45.2 Å². The van der Waals surface area contributed by atoms with Crippen LogP contribution in [0.5, 0.6) is 0 Å². The van der Waals surface area contributed by atoms with E-state index < -0.39 is 0 Å². The first-order chi connectivity index (χ1) is 15.4. The van der Waals surface area contributed by atoms with E-state index in [0.717, 1.165) is 36.8 Å². The maximum Gasteiger partial charge on any atom is 0.253 e. The topological polar surface area (TPSA) is 69.7 Å². The van der Waals surface area contributed by atoms with Crippen LogP contribution < -0.4 is 5.32 Å². The number of amides is 3. The molecule has 2 aromatic carbocycles. The lowest BCUT2D eigenvalue weighted by Gasteiger charge is -2.34. The van der Waals surface area contributed by atoms with E-state index >= 15 is 0 Å². The minimum Gasteiger partial charge on any atom is -0.349 e. The lowest BCUT2D eigenvalue weighted by atomic mass is 9.95. The van der Waals surface area contributed by atoms with Crippen LogP contribution in [0.3, 0.4) is 0 Å². The van der Waals surface area contributed by atoms with Gasteiger partial charge in [0, 0.05) is 43.9 Å². The van der Waals surface area contributed by atoms with Gasteiger partial charge in [0.2, 0.25) is 5.91 Å². The molecule has 0 aromatic heterocycles. The zero-order valence-electron chi connectivity index (χ0n) is 18.8. The molecule has 6 nitrogen and oxygen atoms in total. The highest BCUT2D eigenvalue weighted by molar-refractivity contribution is 5.95. The Hall–Kier alpha value is -3.15. The summed E-state index contributed by atoms with van der Waals surface area (Å²) < 4.78 is 0. The van der Waals surface area contributed by atoms with Gasteiger partial charge in [-0.05, 0) is 62.4 Å². The summed E-state index contributed by atoms with van der Waals surface area (Å²) in [5.41, 5.74) is 3.41. The third-order valence-electron chi connectivity index (χ3n) is 6.28. The van der Waals surface area contributed by atoms with Gasteiger partial charge in [-0.25, -0.2) is 0 Å². The van der Waals surface area contributed by atoms with Gasteiger partial charge < -0.3 is 15.1 Å². The zero-order chi connectivity index (χ0) is 22.7. The molecule has 4 rings (SSSR count). The molecule has 0 bridgehead atoms. The summed E-state index contributed by atoms with van der Waals surface area (Å²) >= 11 is 0. The Bertz CT molecular complexity index is 980. The second-order valence-corrected chi connectivity index (χ2v) is 9.10. The Morgan fingerprint density at radius 1 is 0.969 bits per heavy atom. The monoisotopic (exact) mass is 433 g/mol. The molecule has 32 heavy (non-hydrogen) atoms. The number of carbonyl (C=O) groups is 3. The molecular weight excluding hydrogens is 402 g/mol. The van der Waals surface area contributed by atoms with Gasteiger partial charge in [-0.3, -0.25) is 14.4 Å². The number of carbonyl (C=O) groups excluding carboxylic acids is 3. The molecule has 1 atom stereocenters. The van der Waals surface area contributed by atoms with Crippen molar-refractivity contribution in [3.63, 3.8) is 0 Å². The fourth-order valence-electron chi connectivity index (χ4n) is 4.16. The molecular formula is C26H31N3O3. The van der Waals surface area contributed by atoms with Crippen molar-refractivity contribution in [1.82, 2.24) is 15.1 Å². The molecule has 1 aliphatic heterocycles. The number of benzene rings is 2. The first-order valence-corrected chi connectivity index (χ1v) is 11.4. The first-order valence-electron chi connectivity index (χ1n) is 11.4. The van der Waals surface area contributed by atoms with E-state index in [1.807, 2.05) is 55.5 Å². The summed E-state index contributed by atoms with van der Waals surface area (Å²) in [5.74, 6) is -0.178. The van der Waals surface area contributed by atoms with Crippen LogP contribution in [0.4, 0.5) is 0 Å². The van der Waals surface area contributed by atoms with Crippen LogP contribution in [-0.2, 0) is 11.3 Å². The Labute approximate surface area is 189 Å². The highest BCUT2D eigenvalue weighted by atomic mass is 16.2. The quantitative estimate of drug-likeness (QED) is 0.759. The van der Waals surface area contributed by atoms with Crippen LogP contribution in [0, 0.1) is 12.8 Å². The Kier molecular flexibility index (Phi) is 6.58. The van der Waals surface area contributed by atoms with E-state index in [9.17, 15) is 14.4 Å². The largest absolute Gasteiger partial charge is 0.349 e. The molecule has 6 heteroatoms. The van der Waals surface area contributed by atoms with Crippen molar-refractivity contribution < 1.29 is 14.4 Å². The summed E-state index contributed by atoms with van der Waals surface area (Å²) in [6, 6.07) is 15.3. The van der Waals surface area contributed by atoms with Crippen LogP contribution >= 0.6 is 0 Å². The maximum atomic E-state index is 13.1. The molecule has 1 unspecified atom stereocenters. The predicted molar refractivity (Wildman–Crippen MR) is 123 cm³/mol. The van der Waals surface area contributed by atoms with Crippen molar-refractivity contribution in [3.8, 4) is 0 Å². The third kappa shape index (κ3) is 5.36. The van der Waals surface area contributed by atoms with Gasteiger partial charge in [0.25, 0.3) is 11.8 Å². The molecule has 1 saturated heterocycles. The fourth-order valence-corrected chi connectivity index (χ4v) is 4.16. The SMILES string of the molecule is Cc1ccc(C(=O)N2CCCC(C(=O)N(C)Cc3ccc(C(=O)NC4CC4)cc3)C2)cc1. The van der Waals surface area contributed by atoms with Gasteiger partial charge in [-0.2, -0.15) is 0 Å². The van der Waals surface area contributed by atoms with Gasteiger partial charge in [0.15, 0.2) is 0 Å². The number of nitrogens with zero attached hydrogens (tertiary/aromatic N) is 2. The molecule has 1 saturated carbocycles. The predicted octanol–water partition coefficient (Wildman–Crippen LogP) is 3.40. The van der Waals surface area contributed by atoms with Crippen LogP contribution in [0.25, 0.3) is 0 Å². The number of aryl methyl sites for hydroxylation is 1. The van der Waals surface area contributed by atoms with Crippen molar-refractivity contribution in [2.75, 3.05) is 20.1 Å². The number of rotatable bonds is 6. The molecule has 1 N–H and O–H groups in total. The summed E-state index contributed by atoms with van der Waals surface area (Å²) in [7, 11) is 1.80. The minimum absolute atomic E-state index is 0.00906. The van der Waals surface area contributed by atoms with E-state index in [1.165, 1.54) is 0 Å². The van der Waals surface area contributed by atoms with E-state index in [4.69, 9.17) is 0 Å². The lowest BCUT2D eigenvalue weighted by Crippen LogP contribution is -2.45. The molecule has 0 radical (unpaired) electrons. The molecule has 168 valence electrons. The molecule has 2 aromatic rings. The minimum atomic E-state index is -0.188. The normalized spacial score (nSPS) is 18.2. The Morgan fingerprint density at radius 3 is 2.28 bits per heavy atom. The number of hydrogen-bond acceptors (Lipinski definition) is 3. The second-order valence-electron chi connectivity index (χ2n) is 9.10. The average Bonchev–Trinajstić information content (AvgIpc) is 3.63. The van der Waals surface area contributed by atoms with Gasteiger partial charge in [0.1, 0.15) is 0 Å². The number of nitrogens with one attached hydrogen (secondary N) is 1. The molecule has 2 aliphatic rings. The number of hydrogen-bond donors (Lipinski definition) is 1. The Balaban J connectivity index is 1.33. The number of likely N-dealkylation sites (tertiary alicyclic amines) is 1. The van der Waals surface area contributed by atoms with Crippen LogP contribution in [0.1, 0.15) is 57.5 Å². The fraction of sp³-hybridized carbons (Fsp3) is 0.423. The number of piperidine rings is 1. The standard InChI is InChI=1S/C26H31N3O3/c1-18-5-9-21(10-6-18)26(32)29-15-3-4-22(17-29)25(31)28(2)16-19-7-11-20(12-8-19)24(30)27-23-13-14-23/h5-12,22-23H,3-4,13-17H2,1-2H3,(H,27,30). The van der Waals surface area contributed by atoms with E-state index in [2.05, 4.69) is 5.32 Å². The smallest absolute Gasteiger partial charge is 0.253 e. The molecule has 2 fully saturated rings. The summed E-state index contributed by atoms with van der Waals surface area (Å²) in [4.78, 5) is 41.6. The highest BCUT2D eigenvalue weighted by Gasteiger charge is 2.30. The highest BCUT2D eigenvalue weighted by Crippen LogP contribution is 2.22. The zero-order valence-corrected chi connectivity index (χ0v) is 18.8. The summed E-state index contributed by atoms with van der Waals surface area (Å²) in [6.45, 7) is 3.61. The first kappa shape index (κ1) is 22.1. The molecule has 1 aliphatic carbocycles. The van der Waals surface area contributed by atoms with Crippen molar-refractivity contribution in [3.05, 3.63) is 70.8 Å². The van der Waals surface area contributed by atoms with Crippen LogP contribution in [0.2, 0.25) is 0 Å². The molecule has 1 heterocycles. The van der Waals surface area contributed by atoms with E-state index in [1.54, 1.807) is 16.8 Å². The summed E-state index contributed by atoms with van der Waals surface area (Å²) in [6.07, 6.45) is 3.74. The third-order valence-corrected chi connectivity index (χ3v) is 6.28. The Morgan fingerprint density at radius 2 is 1.62 bits per heavy atom. The van der Waals surface area contributed by atoms with Gasteiger partial charge in [-0.1, -0.05) is 29.8 Å². The summed E-state index contributed by atoms with van der Waals surface area (Å²) in [5, 5.41) is 2.98. The van der Waals surface area contributed by atoms with Crippen molar-refractivity contribution >= 4 is 17.7 Å². The van der Waals surface area contributed by atoms with Crippen molar-refractivity contribution in [1.29, 1.82) is 0 Å². The maximum absolute atomic E-state index is 13.1. The molecule has 3 amide bonds. The van der Waals surface area contributed by atoms with Gasteiger partial charge in [-0.15, -0.1) is 0 Å². The van der Waals surface area contributed by atoms with Gasteiger partial charge >= 0.3 is 0 Å². The van der Waals surface area contributed by atoms with E-state index in [-0.39, 0.29) is 23.6 Å². The van der Waals surface area contributed by atoms with Gasteiger partial charge in [0.05, 0.1) is 5.92 Å². The lowest BCUT2D eigenvalue weighted by molar-refractivity contribution is -0.136. The second kappa shape index (κ2) is 9.55. The van der Waals surface area contributed by atoms with Crippen molar-refractivity contribution in [2.24, 2.45) is 5.92 Å². The van der Waals surface area contributed by atoms with Crippen LogP contribution in [0.15, 0.2) is 48.5 Å². The average molecular weight is 434 g/mol. The van der Waals surface area contributed by atoms with E-state index in [0.29, 0.717) is 36.8 Å². The molecule has 0 spiro atoms.